The number of carboxylic acid groups (broad SMARTS) is 1. The molecule has 0 saturated heterocycles. The smallest absolute Gasteiger partial charge is 0.416 e. The summed E-state index contributed by atoms with van der Waals surface area (Å²) in [6.45, 7) is 0.110. The summed E-state index contributed by atoms with van der Waals surface area (Å²) in [6.07, 6.45) is -4.71. The fourth-order valence-electron chi connectivity index (χ4n) is 3.01. The fraction of sp³-hybridized carbons (Fsp3) is 0.300. The molecule has 1 aliphatic heterocycles. The minimum Gasteiger partial charge on any atom is -0.481 e. The summed E-state index contributed by atoms with van der Waals surface area (Å²) in [5, 5.41) is 11.7. The molecule has 6 nitrogen and oxygen atoms in total. The number of alkyl halides is 3. The average Bonchev–Trinajstić information content (AvgIpc) is 3.08. The van der Waals surface area contributed by atoms with Gasteiger partial charge >= 0.3 is 12.1 Å². The maximum atomic E-state index is 12.7. The molecular weight excluding hydrogens is 391 g/mol. The Hall–Kier alpha value is -3.23. The standard InChI is InChI=1S/C20H18F3NO5/c21-20(22,23)14-4-1-12(2-5-14)7-15(10-19(26)27)24-18(25)9-13-3-6-16-17(8-13)29-11-28-16/h1-6,8,15H,7,9-11H2,(H,24,25)(H,26,27)/t15-/m0/s1. The first-order chi connectivity index (χ1) is 13.7. The molecule has 0 aliphatic carbocycles. The van der Waals surface area contributed by atoms with E-state index in [4.69, 9.17) is 14.6 Å². The van der Waals surface area contributed by atoms with Crippen LogP contribution in [0, 0.1) is 0 Å². The van der Waals surface area contributed by atoms with E-state index in [0.717, 1.165) is 12.1 Å². The Morgan fingerprint density at radius 2 is 1.69 bits per heavy atom. The molecule has 3 rings (SSSR count). The van der Waals surface area contributed by atoms with Gasteiger partial charge in [-0.2, -0.15) is 13.2 Å². The predicted molar refractivity (Wildman–Crippen MR) is 95.6 cm³/mol. The monoisotopic (exact) mass is 409 g/mol. The van der Waals surface area contributed by atoms with E-state index in [2.05, 4.69) is 5.32 Å². The molecule has 154 valence electrons. The minimum absolute atomic E-state index is 0.000228. The third kappa shape index (κ3) is 5.63. The number of benzene rings is 2. The SMILES string of the molecule is O=C(O)C[C@H](Cc1ccc(C(F)(F)F)cc1)NC(=O)Cc1ccc2c(c1)OCO2. The number of hydrogen-bond acceptors (Lipinski definition) is 4. The van der Waals surface area contributed by atoms with E-state index in [1.807, 2.05) is 0 Å². The van der Waals surface area contributed by atoms with Crippen LogP contribution in [-0.4, -0.2) is 29.8 Å². The number of ether oxygens (including phenoxy) is 2. The van der Waals surface area contributed by atoms with E-state index < -0.39 is 29.7 Å². The van der Waals surface area contributed by atoms with Crippen LogP contribution in [0.4, 0.5) is 13.2 Å². The molecule has 1 aliphatic rings. The molecule has 1 amide bonds. The van der Waals surface area contributed by atoms with Gasteiger partial charge in [0.15, 0.2) is 11.5 Å². The molecule has 0 saturated carbocycles. The number of nitrogens with one attached hydrogen (secondary N) is 1. The van der Waals surface area contributed by atoms with Crippen molar-refractivity contribution in [1.29, 1.82) is 0 Å². The number of halogens is 3. The lowest BCUT2D eigenvalue weighted by Gasteiger charge is -2.18. The van der Waals surface area contributed by atoms with Crippen molar-refractivity contribution < 1.29 is 37.3 Å². The number of rotatable bonds is 7. The highest BCUT2D eigenvalue weighted by Crippen LogP contribution is 2.32. The Balaban J connectivity index is 1.63. The van der Waals surface area contributed by atoms with Gasteiger partial charge in [0.05, 0.1) is 18.4 Å². The van der Waals surface area contributed by atoms with Crippen LogP contribution in [0.25, 0.3) is 0 Å². The summed E-state index contributed by atoms with van der Waals surface area (Å²) in [4.78, 5) is 23.5. The second kappa shape index (κ2) is 8.42. The molecule has 2 aromatic rings. The zero-order valence-corrected chi connectivity index (χ0v) is 15.2. The topological polar surface area (TPSA) is 84.9 Å². The Bertz CT molecular complexity index is 896. The normalized spacial score (nSPS) is 13.8. The van der Waals surface area contributed by atoms with E-state index in [-0.39, 0.29) is 26.1 Å². The molecule has 2 N–H and O–H groups in total. The van der Waals surface area contributed by atoms with Crippen LogP contribution in [-0.2, 0) is 28.6 Å². The van der Waals surface area contributed by atoms with Crippen LogP contribution >= 0.6 is 0 Å². The zero-order valence-electron chi connectivity index (χ0n) is 15.2. The molecule has 1 heterocycles. The third-order valence-electron chi connectivity index (χ3n) is 4.35. The molecule has 0 bridgehead atoms. The van der Waals surface area contributed by atoms with Crippen molar-refractivity contribution in [3.05, 3.63) is 59.2 Å². The molecule has 0 fully saturated rings. The first-order valence-electron chi connectivity index (χ1n) is 8.76. The molecule has 9 heteroatoms. The van der Waals surface area contributed by atoms with Crippen LogP contribution in [0.15, 0.2) is 42.5 Å². The van der Waals surface area contributed by atoms with Crippen molar-refractivity contribution in [2.24, 2.45) is 0 Å². The van der Waals surface area contributed by atoms with Gasteiger partial charge in [0.25, 0.3) is 0 Å². The molecule has 0 unspecified atom stereocenters. The Kier molecular flexibility index (Phi) is 5.95. The number of hydrogen-bond donors (Lipinski definition) is 2. The number of carboxylic acids is 1. The number of fused-ring (bicyclic) bond motifs is 1. The van der Waals surface area contributed by atoms with Gasteiger partial charge in [-0.05, 0) is 41.8 Å². The molecule has 29 heavy (non-hydrogen) atoms. The lowest BCUT2D eigenvalue weighted by Crippen LogP contribution is -2.39. The second-order valence-electron chi connectivity index (χ2n) is 6.63. The minimum atomic E-state index is -4.45. The van der Waals surface area contributed by atoms with Gasteiger partial charge in [-0.1, -0.05) is 18.2 Å². The molecule has 0 spiro atoms. The summed E-state index contributed by atoms with van der Waals surface area (Å²) < 4.78 is 48.5. The van der Waals surface area contributed by atoms with Crippen LogP contribution in [0.2, 0.25) is 0 Å². The summed E-state index contributed by atoms with van der Waals surface area (Å²) in [5.41, 5.74) is 0.367. The Morgan fingerprint density at radius 3 is 2.34 bits per heavy atom. The summed E-state index contributed by atoms with van der Waals surface area (Å²) in [6, 6.07) is 8.72. The van der Waals surface area contributed by atoms with Gasteiger partial charge in [-0.15, -0.1) is 0 Å². The second-order valence-corrected chi connectivity index (χ2v) is 6.63. The van der Waals surface area contributed by atoms with Crippen LogP contribution < -0.4 is 14.8 Å². The highest BCUT2D eigenvalue weighted by Gasteiger charge is 2.30. The summed E-state index contributed by atoms with van der Waals surface area (Å²) in [5.74, 6) is -0.408. The fourth-order valence-corrected chi connectivity index (χ4v) is 3.01. The molecule has 2 aromatic carbocycles. The van der Waals surface area contributed by atoms with Gasteiger partial charge in [-0.25, -0.2) is 0 Å². The predicted octanol–water partition coefficient (Wildman–Crippen LogP) is 3.18. The third-order valence-corrected chi connectivity index (χ3v) is 4.35. The van der Waals surface area contributed by atoms with Crippen molar-refractivity contribution in [1.82, 2.24) is 5.32 Å². The summed E-state index contributed by atoms with van der Waals surface area (Å²) in [7, 11) is 0. The van der Waals surface area contributed by atoms with Crippen molar-refractivity contribution in [2.45, 2.75) is 31.5 Å². The van der Waals surface area contributed by atoms with Gasteiger partial charge in [0, 0.05) is 6.04 Å². The molecule has 0 aromatic heterocycles. The van der Waals surface area contributed by atoms with E-state index in [1.165, 1.54) is 12.1 Å². The highest BCUT2D eigenvalue weighted by atomic mass is 19.4. The van der Waals surface area contributed by atoms with E-state index >= 15 is 0 Å². The van der Waals surface area contributed by atoms with E-state index in [9.17, 15) is 22.8 Å². The van der Waals surface area contributed by atoms with Crippen molar-refractivity contribution in [3.63, 3.8) is 0 Å². The maximum absolute atomic E-state index is 12.7. The van der Waals surface area contributed by atoms with Crippen LogP contribution in [0.5, 0.6) is 11.5 Å². The quantitative estimate of drug-likeness (QED) is 0.734. The zero-order chi connectivity index (χ0) is 21.0. The lowest BCUT2D eigenvalue weighted by molar-refractivity contribution is -0.138. The highest BCUT2D eigenvalue weighted by molar-refractivity contribution is 5.80. The number of amides is 1. The van der Waals surface area contributed by atoms with Crippen molar-refractivity contribution in [2.75, 3.05) is 6.79 Å². The van der Waals surface area contributed by atoms with Gasteiger partial charge < -0.3 is 19.9 Å². The molecule has 1 atom stereocenters. The number of aliphatic carboxylic acids is 1. The van der Waals surface area contributed by atoms with E-state index in [1.54, 1.807) is 18.2 Å². The number of carbonyl (C=O) groups excluding carboxylic acids is 1. The average molecular weight is 409 g/mol. The lowest BCUT2D eigenvalue weighted by atomic mass is 10.0. The number of carbonyl (C=O) groups is 2. The Morgan fingerprint density at radius 1 is 1.03 bits per heavy atom. The van der Waals surface area contributed by atoms with Gasteiger partial charge in [0.2, 0.25) is 12.7 Å². The Labute approximate surface area is 164 Å². The summed E-state index contributed by atoms with van der Waals surface area (Å²) >= 11 is 0. The van der Waals surface area contributed by atoms with Gasteiger partial charge in [0.1, 0.15) is 0 Å². The maximum Gasteiger partial charge on any atom is 0.416 e. The first kappa shape index (κ1) is 20.5. The van der Waals surface area contributed by atoms with Gasteiger partial charge in [-0.3, -0.25) is 9.59 Å². The van der Waals surface area contributed by atoms with Crippen molar-refractivity contribution in [3.8, 4) is 11.5 Å². The van der Waals surface area contributed by atoms with Crippen molar-refractivity contribution >= 4 is 11.9 Å². The largest absolute Gasteiger partial charge is 0.481 e. The van der Waals surface area contributed by atoms with Crippen LogP contribution in [0.3, 0.4) is 0 Å². The molecular formula is C20H18F3NO5. The molecule has 0 radical (unpaired) electrons. The van der Waals surface area contributed by atoms with E-state index in [0.29, 0.717) is 22.6 Å². The van der Waals surface area contributed by atoms with Crippen LogP contribution in [0.1, 0.15) is 23.1 Å². The first-order valence-corrected chi connectivity index (χ1v) is 8.76.